The van der Waals surface area contributed by atoms with Crippen LogP contribution in [0.4, 0.5) is 0 Å². The van der Waals surface area contributed by atoms with E-state index < -0.39 is 6.04 Å². The van der Waals surface area contributed by atoms with Gasteiger partial charge in [-0.15, -0.1) is 21.5 Å². The number of carbonyl (C=O) groups is 2. The molecule has 1 unspecified atom stereocenters. The first-order chi connectivity index (χ1) is 20.3. The molecule has 0 fully saturated rings. The van der Waals surface area contributed by atoms with Gasteiger partial charge in [0, 0.05) is 40.3 Å². The Balaban J connectivity index is 1.23. The summed E-state index contributed by atoms with van der Waals surface area (Å²) in [6.45, 7) is 6.17. The number of benzene rings is 1. The topological polar surface area (TPSA) is 86.4 Å². The number of halogens is 1. The Morgan fingerprint density at radius 3 is 2.57 bits per heavy atom. The Morgan fingerprint density at radius 2 is 1.76 bits per heavy atom. The first kappa shape index (κ1) is 30.4. The van der Waals surface area contributed by atoms with E-state index in [9.17, 15) is 9.59 Å². The fourth-order valence-electron chi connectivity index (χ4n) is 5.71. The zero-order valence-electron chi connectivity index (χ0n) is 24.7. The van der Waals surface area contributed by atoms with Crippen LogP contribution in [0.1, 0.15) is 110 Å². The van der Waals surface area contributed by atoms with Crippen molar-refractivity contribution in [1.82, 2.24) is 14.8 Å². The fraction of sp³-hybridized carbons (Fsp3) is 0.485. The molecule has 2 atom stereocenters. The predicted octanol–water partition coefficient (Wildman–Crippen LogP) is 8.14. The van der Waals surface area contributed by atoms with E-state index in [2.05, 4.69) is 40.8 Å². The highest BCUT2D eigenvalue weighted by atomic mass is 35.5. The number of nitrogens with zero attached hydrogens (tertiary/aromatic N) is 4. The fourth-order valence-corrected chi connectivity index (χ4v) is 7.05. The summed E-state index contributed by atoms with van der Waals surface area (Å²) in [6, 6.07) is 7.25. The van der Waals surface area contributed by atoms with Gasteiger partial charge in [0.05, 0.1) is 5.71 Å². The maximum absolute atomic E-state index is 13.2. The molecule has 0 radical (unpaired) electrons. The van der Waals surface area contributed by atoms with Crippen molar-refractivity contribution >= 4 is 40.4 Å². The molecule has 0 N–H and O–H groups in total. The van der Waals surface area contributed by atoms with E-state index in [4.69, 9.17) is 21.3 Å². The number of hydrogen-bond donors (Lipinski definition) is 0. The van der Waals surface area contributed by atoms with Crippen LogP contribution in [0, 0.1) is 20.8 Å². The summed E-state index contributed by atoms with van der Waals surface area (Å²) in [6.07, 6.45) is 12.7. The summed E-state index contributed by atoms with van der Waals surface area (Å²) >= 11 is 7.90. The molecule has 7 nitrogen and oxygen atoms in total. The first-order valence-electron chi connectivity index (χ1n) is 15.0. The van der Waals surface area contributed by atoms with E-state index >= 15 is 0 Å². The van der Waals surface area contributed by atoms with Crippen molar-refractivity contribution in [3.05, 3.63) is 74.7 Å². The number of hydrogen-bond acceptors (Lipinski definition) is 7. The van der Waals surface area contributed by atoms with Gasteiger partial charge in [0.15, 0.2) is 5.82 Å². The van der Waals surface area contributed by atoms with E-state index in [-0.39, 0.29) is 24.3 Å². The number of aryl methyl sites for hydroxylation is 2. The molecule has 1 aliphatic heterocycles. The zero-order chi connectivity index (χ0) is 29.6. The normalized spacial score (nSPS) is 19.1. The molecule has 0 saturated carbocycles. The molecule has 222 valence electrons. The third kappa shape index (κ3) is 7.09. The Bertz CT molecular complexity index is 1490. The molecule has 2 aromatic heterocycles. The number of esters is 1. The minimum Gasteiger partial charge on any atom is -0.462 e. The number of carbonyl (C=O) groups excluding carboxylic acids is 2. The second-order valence-electron chi connectivity index (χ2n) is 11.3. The Kier molecular flexibility index (Phi) is 10.1. The second-order valence-corrected chi connectivity index (χ2v) is 12.9. The molecular formula is C33H39ClN4O3S. The molecule has 0 amide bonds. The minimum absolute atomic E-state index is 0.0325. The zero-order valence-corrected chi connectivity index (χ0v) is 26.3. The van der Waals surface area contributed by atoms with E-state index in [0.717, 1.165) is 79.0 Å². The monoisotopic (exact) mass is 606 g/mol. The van der Waals surface area contributed by atoms with Crippen LogP contribution in [0.5, 0.6) is 0 Å². The number of aliphatic imine (C=N–C) groups is 1. The van der Waals surface area contributed by atoms with Gasteiger partial charge in [-0.3, -0.25) is 19.1 Å². The number of ether oxygens (including phenoxy) is 1. The summed E-state index contributed by atoms with van der Waals surface area (Å²) in [4.78, 5) is 32.0. The number of unbranched alkanes of at least 4 members (excludes halogenated alkanes) is 2. The number of Topliss-reactive ketones (excluding diaryl/α,β-unsaturated/α-hetero) is 1. The Labute approximate surface area is 257 Å². The lowest BCUT2D eigenvalue weighted by atomic mass is 9.99. The van der Waals surface area contributed by atoms with Crippen LogP contribution >= 0.6 is 22.9 Å². The summed E-state index contributed by atoms with van der Waals surface area (Å²) in [5, 5.41) is 10.6. The first-order valence-corrected chi connectivity index (χ1v) is 16.2. The summed E-state index contributed by atoms with van der Waals surface area (Å²) in [5.74, 6) is 1.49. The quantitative estimate of drug-likeness (QED) is 0.132. The van der Waals surface area contributed by atoms with E-state index in [1.807, 2.05) is 31.2 Å². The van der Waals surface area contributed by atoms with Crippen LogP contribution in [-0.4, -0.2) is 38.3 Å². The molecule has 9 heteroatoms. The second kappa shape index (κ2) is 13.9. The van der Waals surface area contributed by atoms with Crippen molar-refractivity contribution in [3.63, 3.8) is 0 Å². The van der Waals surface area contributed by atoms with Crippen LogP contribution in [0.25, 0.3) is 5.00 Å². The summed E-state index contributed by atoms with van der Waals surface area (Å²) in [7, 11) is 0. The predicted molar refractivity (Wildman–Crippen MR) is 168 cm³/mol. The molecular weight excluding hydrogens is 568 g/mol. The van der Waals surface area contributed by atoms with E-state index in [1.165, 1.54) is 10.4 Å². The Hall–Kier alpha value is -3.10. The van der Waals surface area contributed by atoms with Gasteiger partial charge >= 0.3 is 5.97 Å². The van der Waals surface area contributed by atoms with Crippen molar-refractivity contribution < 1.29 is 14.3 Å². The molecule has 2 aliphatic rings. The number of aromatic nitrogens is 3. The van der Waals surface area contributed by atoms with Crippen molar-refractivity contribution in [3.8, 4) is 5.00 Å². The lowest BCUT2D eigenvalue weighted by Crippen LogP contribution is -2.18. The minimum atomic E-state index is -0.447. The summed E-state index contributed by atoms with van der Waals surface area (Å²) < 4.78 is 7.79. The smallest absolute Gasteiger partial charge is 0.306 e. The summed E-state index contributed by atoms with van der Waals surface area (Å²) in [5.41, 5.74) is 4.03. The third-order valence-corrected chi connectivity index (χ3v) is 9.58. The highest BCUT2D eigenvalue weighted by molar-refractivity contribution is 7.15. The third-order valence-electron chi connectivity index (χ3n) is 8.13. The van der Waals surface area contributed by atoms with Gasteiger partial charge in [-0.1, -0.05) is 42.3 Å². The maximum Gasteiger partial charge on any atom is 0.306 e. The molecule has 5 rings (SSSR count). The van der Waals surface area contributed by atoms with Crippen molar-refractivity contribution in [2.75, 3.05) is 0 Å². The number of fused-ring (bicyclic) bond motifs is 3. The van der Waals surface area contributed by atoms with E-state index in [1.54, 1.807) is 11.3 Å². The van der Waals surface area contributed by atoms with Gasteiger partial charge in [-0.05, 0) is 83.4 Å². The van der Waals surface area contributed by atoms with E-state index in [0.29, 0.717) is 23.7 Å². The molecule has 3 heterocycles. The maximum atomic E-state index is 13.2. The standard InChI is InChI=1S/C33H39ClN4O3S/c1-21-22(2)42-33-30(21)31(24-16-18-25(34)19-17-24)35-28(32-37-36-23(3)38(32)33)20-26(39)12-8-7-11-15-29(40)41-27-13-9-5-4-6-10-14-27/h4-5,16-19,27-28H,6-15,20H2,1-3H3/b5-4+/t27?,28-/m1/s1. The highest BCUT2D eigenvalue weighted by Crippen LogP contribution is 2.39. The van der Waals surface area contributed by atoms with Crippen molar-refractivity contribution in [2.45, 2.75) is 104 Å². The van der Waals surface area contributed by atoms with Crippen LogP contribution in [0.3, 0.4) is 0 Å². The molecule has 42 heavy (non-hydrogen) atoms. The lowest BCUT2D eigenvalue weighted by molar-refractivity contribution is -0.149. The Morgan fingerprint density at radius 1 is 1.00 bits per heavy atom. The molecule has 0 spiro atoms. The molecule has 1 aliphatic carbocycles. The number of rotatable bonds is 10. The molecule has 0 saturated heterocycles. The van der Waals surface area contributed by atoms with Gasteiger partial charge in [0.2, 0.25) is 0 Å². The van der Waals surface area contributed by atoms with Crippen molar-refractivity contribution in [2.24, 2.45) is 4.99 Å². The van der Waals surface area contributed by atoms with Gasteiger partial charge in [-0.25, -0.2) is 0 Å². The van der Waals surface area contributed by atoms with Gasteiger partial charge in [0.25, 0.3) is 0 Å². The molecule has 1 aromatic carbocycles. The number of allylic oxidation sites excluding steroid dienone is 2. The van der Waals surface area contributed by atoms with Crippen LogP contribution in [-0.2, 0) is 14.3 Å². The van der Waals surface area contributed by atoms with Gasteiger partial charge in [-0.2, -0.15) is 0 Å². The number of ketones is 1. The van der Waals surface area contributed by atoms with Crippen LogP contribution < -0.4 is 0 Å². The highest BCUT2D eigenvalue weighted by Gasteiger charge is 2.32. The SMILES string of the molecule is Cc1sc2c(c1C)C(c1ccc(Cl)cc1)=N[C@H](CC(=O)CCCCCC(=O)OC1CC/C=C/CCC1)c1nnc(C)n1-2. The van der Waals surface area contributed by atoms with Crippen molar-refractivity contribution in [1.29, 1.82) is 0 Å². The number of thiophene rings is 1. The van der Waals surface area contributed by atoms with Gasteiger partial charge in [0.1, 0.15) is 28.8 Å². The average Bonchev–Trinajstić information content (AvgIpc) is 3.42. The van der Waals surface area contributed by atoms with Crippen LogP contribution in [0.2, 0.25) is 5.02 Å². The molecule has 0 bridgehead atoms. The molecule has 3 aromatic rings. The lowest BCUT2D eigenvalue weighted by Gasteiger charge is -2.18. The average molecular weight is 607 g/mol. The van der Waals surface area contributed by atoms with Crippen LogP contribution in [0.15, 0.2) is 41.4 Å². The largest absolute Gasteiger partial charge is 0.462 e. The van der Waals surface area contributed by atoms with Gasteiger partial charge < -0.3 is 4.74 Å².